The van der Waals surface area contributed by atoms with Crippen LogP contribution in [0.1, 0.15) is 32.6 Å². The van der Waals surface area contributed by atoms with Crippen LogP contribution in [0.3, 0.4) is 0 Å². The monoisotopic (exact) mass is 374 g/mol. The van der Waals surface area contributed by atoms with E-state index in [1.165, 1.54) is 0 Å². The standard InChI is InChI=1S/C19H26N4O4/c1-13(12-23-10-2-5-17(23)24)20-19(26)22-15-8-6-14(7-9-15)21-18(25)16-4-3-11-27-16/h6-9,13,16H,2-5,10-12H2,1H3,(H,21,25)(H2,20,22,26)/t13-,16+/m0/s1. The van der Waals surface area contributed by atoms with Gasteiger partial charge in [-0.25, -0.2) is 4.79 Å². The van der Waals surface area contributed by atoms with Crippen LogP contribution in [0.4, 0.5) is 16.2 Å². The van der Waals surface area contributed by atoms with Crippen molar-refractivity contribution < 1.29 is 19.1 Å². The number of carbonyl (C=O) groups is 3. The van der Waals surface area contributed by atoms with E-state index >= 15 is 0 Å². The van der Waals surface area contributed by atoms with Crippen LogP contribution in [0.15, 0.2) is 24.3 Å². The van der Waals surface area contributed by atoms with E-state index in [1.807, 2.05) is 6.92 Å². The van der Waals surface area contributed by atoms with Gasteiger partial charge in [-0.2, -0.15) is 0 Å². The number of nitrogens with one attached hydrogen (secondary N) is 3. The van der Waals surface area contributed by atoms with Gasteiger partial charge in [0.2, 0.25) is 5.91 Å². The van der Waals surface area contributed by atoms with Crippen molar-refractivity contribution in [2.75, 3.05) is 30.3 Å². The summed E-state index contributed by atoms with van der Waals surface area (Å²) in [4.78, 5) is 37.5. The summed E-state index contributed by atoms with van der Waals surface area (Å²) in [6, 6.07) is 6.43. The quantitative estimate of drug-likeness (QED) is 0.708. The van der Waals surface area contributed by atoms with Gasteiger partial charge in [-0.3, -0.25) is 9.59 Å². The van der Waals surface area contributed by atoms with Gasteiger partial charge in [-0.15, -0.1) is 0 Å². The van der Waals surface area contributed by atoms with Crippen LogP contribution >= 0.6 is 0 Å². The topological polar surface area (TPSA) is 99.8 Å². The molecule has 0 aliphatic carbocycles. The van der Waals surface area contributed by atoms with Gasteiger partial charge in [0.25, 0.3) is 5.91 Å². The largest absolute Gasteiger partial charge is 0.368 e. The summed E-state index contributed by atoms with van der Waals surface area (Å²) in [6.07, 6.45) is 2.74. The summed E-state index contributed by atoms with van der Waals surface area (Å²) in [5.74, 6) is 0.000866. The van der Waals surface area contributed by atoms with Crippen molar-refractivity contribution in [3.8, 4) is 0 Å². The Morgan fingerprint density at radius 3 is 2.48 bits per heavy atom. The molecule has 8 heteroatoms. The summed E-state index contributed by atoms with van der Waals surface area (Å²) in [7, 11) is 0. The minimum Gasteiger partial charge on any atom is -0.368 e. The number of rotatable bonds is 6. The van der Waals surface area contributed by atoms with Crippen LogP contribution in [0, 0.1) is 0 Å². The SMILES string of the molecule is C[C@@H](CN1CCCC1=O)NC(=O)Nc1ccc(NC(=O)[C@H]2CCCO2)cc1. The summed E-state index contributed by atoms with van der Waals surface area (Å²) >= 11 is 0. The number of hydrogen-bond donors (Lipinski definition) is 3. The van der Waals surface area contributed by atoms with Crippen molar-refractivity contribution in [1.82, 2.24) is 10.2 Å². The smallest absolute Gasteiger partial charge is 0.319 e. The van der Waals surface area contributed by atoms with Crippen LogP contribution in [-0.4, -0.2) is 54.6 Å². The Kier molecular flexibility index (Phi) is 6.28. The van der Waals surface area contributed by atoms with Crippen molar-refractivity contribution in [3.63, 3.8) is 0 Å². The summed E-state index contributed by atoms with van der Waals surface area (Å²) in [5.41, 5.74) is 1.27. The van der Waals surface area contributed by atoms with Gasteiger partial charge in [-0.05, 0) is 50.5 Å². The lowest BCUT2D eigenvalue weighted by Gasteiger charge is -2.21. The maximum Gasteiger partial charge on any atom is 0.319 e. The van der Waals surface area contributed by atoms with Crippen molar-refractivity contribution >= 4 is 29.2 Å². The van der Waals surface area contributed by atoms with Crippen LogP contribution in [0.25, 0.3) is 0 Å². The van der Waals surface area contributed by atoms with E-state index in [1.54, 1.807) is 29.2 Å². The highest BCUT2D eigenvalue weighted by Crippen LogP contribution is 2.17. The number of urea groups is 1. The molecule has 2 aliphatic heterocycles. The lowest BCUT2D eigenvalue weighted by Crippen LogP contribution is -2.44. The maximum absolute atomic E-state index is 12.1. The van der Waals surface area contributed by atoms with E-state index < -0.39 is 0 Å². The van der Waals surface area contributed by atoms with E-state index in [2.05, 4.69) is 16.0 Å². The average molecular weight is 374 g/mol. The Bertz CT molecular complexity index is 685. The molecule has 2 saturated heterocycles. The third-order valence-electron chi connectivity index (χ3n) is 4.68. The molecule has 4 amide bonds. The normalized spacial score (nSPS) is 20.4. The van der Waals surface area contributed by atoms with Crippen molar-refractivity contribution in [2.45, 2.75) is 44.8 Å². The van der Waals surface area contributed by atoms with Gasteiger partial charge in [0.15, 0.2) is 0 Å². The van der Waals surface area contributed by atoms with Crippen LogP contribution in [0.5, 0.6) is 0 Å². The number of ether oxygens (including phenoxy) is 1. The maximum atomic E-state index is 12.1. The number of carbonyl (C=O) groups excluding carboxylic acids is 3. The van der Waals surface area contributed by atoms with E-state index in [9.17, 15) is 14.4 Å². The molecule has 27 heavy (non-hydrogen) atoms. The number of anilines is 2. The number of likely N-dealkylation sites (tertiary alicyclic amines) is 1. The number of hydrogen-bond acceptors (Lipinski definition) is 4. The fourth-order valence-electron chi connectivity index (χ4n) is 3.31. The zero-order chi connectivity index (χ0) is 19.2. The Morgan fingerprint density at radius 1 is 1.19 bits per heavy atom. The molecule has 1 aromatic rings. The highest BCUT2D eigenvalue weighted by molar-refractivity contribution is 5.95. The second-order valence-corrected chi connectivity index (χ2v) is 7.01. The minimum atomic E-state index is -0.377. The lowest BCUT2D eigenvalue weighted by molar-refractivity contribution is -0.128. The molecule has 0 radical (unpaired) electrons. The number of amides is 4. The first kappa shape index (κ1) is 19.2. The number of nitrogens with zero attached hydrogens (tertiary/aromatic N) is 1. The third-order valence-corrected chi connectivity index (χ3v) is 4.68. The molecule has 0 bridgehead atoms. The fraction of sp³-hybridized carbons (Fsp3) is 0.526. The van der Waals surface area contributed by atoms with Crippen LogP contribution in [0.2, 0.25) is 0 Å². The van der Waals surface area contributed by atoms with Crippen LogP contribution in [-0.2, 0) is 14.3 Å². The zero-order valence-electron chi connectivity index (χ0n) is 15.5. The molecule has 2 heterocycles. The molecule has 0 aromatic heterocycles. The molecule has 1 aromatic carbocycles. The fourth-order valence-corrected chi connectivity index (χ4v) is 3.31. The van der Waals surface area contributed by atoms with E-state index in [-0.39, 0.29) is 30.0 Å². The van der Waals surface area contributed by atoms with Gasteiger partial charge >= 0.3 is 6.03 Å². The highest BCUT2D eigenvalue weighted by atomic mass is 16.5. The molecule has 146 valence electrons. The van der Waals surface area contributed by atoms with Crippen molar-refractivity contribution in [3.05, 3.63) is 24.3 Å². The molecule has 0 unspecified atom stereocenters. The first-order valence-electron chi connectivity index (χ1n) is 9.39. The summed E-state index contributed by atoms with van der Waals surface area (Å²) in [5, 5.41) is 8.39. The molecular weight excluding hydrogens is 348 g/mol. The highest BCUT2D eigenvalue weighted by Gasteiger charge is 2.24. The molecule has 3 N–H and O–H groups in total. The van der Waals surface area contributed by atoms with Crippen LogP contribution < -0.4 is 16.0 Å². The number of benzene rings is 1. The molecule has 3 rings (SSSR count). The van der Waals surface area contributed by atoms with Crippen molar-refractivity contribution in [1.29, 1.82) is 0 Å². The van der Waals surface area contributed by atoms with Crippen molar-refractivity contribution in [2.24, 2.45) is 0 Å². The predicted molar refractivity (Wildman–Crippen MR) is 101 cm³/mol. The Balaban J connectivity index is 1.43. The van der Waals surface area contributed by atoms with E-state index in [4.69, 9.17) is 4.74 Å². The minimum absolute atomic E-state index is 0.142. The van der Waals surface area contributed by atoms with E-state index in [0.29, 0.717) is 30.9 Å². The van der Waals surface area contributed by atoms with Gasteiger partial charge < -0.3 is 25.6 Å². The summed E-state index contributed by atoms with van der Waals surface area (Å²) < 4.78 is 5.35. The molecule has 2 aliphatic rings. The Morgan fingerprint density at radius 2 is 1.89 bits per heavy atom. The summed E-state index contributed by atoms with van der Waals surface area (Å²) in [6.45, 7) is 3.77. The molecule has 2 fully saturated rings. The first-order chi connectivity index (χ1) is 13.0. The second-order valence-electron chi connectivity index (χ2n) is 7.01. The average Bonchev–Trinajstić information content (AvgIpc) is 3.29. The molecule has 0 saturated carbocycles. The van der Waals surface area contributed by atoms with Gasteiger partial charge in [0.05, 0.1) is 0 Å². The van der Waals surface area contributed by atoms with Gasteiger partial charge in [-0.1, -0.05) is 0 Å². The molecule has 2 atom stereocenters. The Hall–Kier alpha value is -2.61. The zero-order valence-corrected chi connectivity index (χ0v) is 15.5. The van der Waals surface area contributed by atoms with E-state index in [0.717, 1.165) is 25.8 Å². The molecule has 8 nitrogen and oxygen atoms in total. The third kappa shape index (κ3) is 5.43. The van der Waals surface area contributed by atoms with Gasteiger partial charge in [0, 0.05) is 43.5 Å². The second kappa shape index (κ2) is 8.85. The van der Waals surface area contributed by atoms with Gasteiger partial charge in [0.1, 0.15) is 6.10 Å². The molecule has 0 spiro atoms. The molecular formula is C19H26N4O4. The first-order valence-corrected chi connectivity index (χ1v) is 9.39. The Labute approximate surface area is 158 Å². The predicted octanol–water partition coefficient (Wildman–Crippen LogP) is 1.94. The lowest BCUT2D eigenvalue weighted by atomic mass is 10.2.